The van der Waals surface area contributed by atoms with Crippen LogP contribution in [0.15, 0.2) is 41.8 Å². The largest absolute Gasteiger partial charge is 0.484 e. The number of carbonyl (C=O) groups is 1. The third kappa shape index (κ3) is 3.32. The molecule has 104 valence electrons. The zero-order valence-electron chi connectivity index (χ0n) is 10.7. The Hall–Kier alpha value is -1.52. The SMILES string of the molecule is O=C(COc1ccc(Cl)cc1)NC1CC1c1cccs1. The van der Waals surface area contributed by atoms with Gasteiger partial charge in [-0.2, -0.15) is 0 Å². The summed E-state index contributed by atoms with van der Waals surface area (Å²) in [4.78, 5) is 13.1. The molecule has 5 heteroatoms. The predicted molar refractivity (Wildman–Crippen MR) is 80.6 cm³/mol. The summed E-state index contributed by atoms with van der Waals surface area (Å²) in [5, 5.41) is 5.71. The lowest BCUT2D eigenvalue weighted by Crippen LogP contribution is -2.31. The van der Waals surface area contributed by atoms with E-state index in [1.807, 2.05) is 6.07 Å². The number of benzene rings is 1. The predicted octanol–water partition coefficient (Wildman–Crippen LogP) is 3.45. The van der Waals surface area contributed by atoms with Crippen molar-refractivity contribution in [3.8, 4) is 5.75 Å². The van der Waals surface area contributed by atoms with E-state index in [2.05, 4.69) is 16.8 Å². The minimum absolute atomic E-state index is 0.0370. The number of thiophene rings is 1. The zero-order chi connectivity index (χ0) is 13.9. The van der Waals surface area contributed by atoms with Crippen molar-refractivity contribution in [2.75, 3.05) is 6.61 Å². The van der Waals surface area contributed by atoms with Gasteiger partial charge in [-0.05, 0) is 42.1 Å². The molecule has 3 rings (SSSR count). The topological polar surface area (TPSA) is 38.3 Å². The lowest BCUT2D eigenvalue weighted by molar-refractivity contribution is -0.123. The van der Waals surface area contributed by atoms with Crippen LogP contribution in [0.3, 0.4) is 0 Å². The van der Waals surface area contributed by atoms with Crippen LogP contribution < -0.4 is 10.1 Å². The van der Waals surface area contributed by atoms with Crippen LogP contribution in [0.4, 0.5) is 0 Å². The average Bonchev–Trinajstić information content (AvgIpc) is 3.00. The Morgan fingerprint density at radius 2 is 2.15 bits per heavy atom. The minimum atomic E-state index is -0.0796. The maximum atomic E-state index is 11.8. The first kappa shape index (κ1) is 13.5. The molecular weight excluding hydrogens is 294 g/mol. The number of halogens is 1. The van der Waals surface area contributed by atoms with Gasteiger partial charge in [0.25, 0.3) is 5.91 Å². The van der Waals surface area contributed by atoms with Crippen molar-refractivity contribution >= 4 is 28.8 Å². The van der Waals surface area contributed by atoms with Gasteiger partial charge in [0.2, 0.25) is 0 Å². The molecule has 2 aromatic rings. The maximum Gasteiger partial charge on any atom is 0.258 e. The molecule has 1 N–H and O–H groups in total. The fraction of sp³-hybridized carbons (Fsp3) is 0.267. The highest BCUT2D eigenvalue weighted by atomic mass is 35.5. The summed E-state index contributed by atoms with van der Waals surface area (Å²) in [5.41, 5.74) is 0. The first-order valence-corrected chi connectivity index (χ1v) is 7.69. The van der Waals surface area contributed by atoms with E-state index >= 15 is 0 Å². The molecule has 0 saturated heterocycles. The molecule has 20 heavy (non-hydrogen) atoms. The number of amides is 1. The molecule has 0 aliphatic heterocycles. The summed E-state index contributed by atoms with van der Waals surface area (Å²) in [7, 11) is 0. The van der Waals surface area contributed by atoms with Crippen molar-refractivity contribution in [1.29, 1.82) is 0 Å². The maximum absolute atomic E-state index is 11.8. The molecular formula is C15H14ClNO2S. The van der Waals surface area contributed by atoms with E-state index in [4.69, 9.17) is 16.3 Å². The standard InChI is InChI=1S/C15H14ClNO2S/c16-10-3-5-11(6-4-10)19-9-15(18)17-13-8-12(13)14-2-1-7-20-14/h1-7,12-13H,8-9H2,(H,17,18). The first-order chi connectivity index (χ1) is 9.72. The lowest BCUT2D eigenvalue weighted by atomic mass is 10.3. The molecule has 1 aliphatic rings. The second-order valence-corrected chi connectivity index (χ2v) is 6.19. The Labute approximate surface area is 126 Å². The van der Waals surface area contributed by atoms with Crippen LogP contribution in [-0.2, 0) is 4.79 Å². The molecule has 1 fully saturated rings. The van der Waals surface area contributed by atoms with Gasteiger partial charge in [0.1, 0.15) is 5.75 Å². The highest BCUT2D eigenvalue weighted by molar-refractivity contribution is 7.10. The molecule has 0 radical (unpaired) electrons. The molecule has 1 amide bonds. The summed E-state index contributed by atoms with van der Waals surface area (Å²) in [6.45, 7) is 0.0370. The van der Waals surface area contributed by atoms with Crippen LogP contribution in [0, 0.1) is 0 Å². The fourth-order valence-corrected chi connectivity index (χ4v) is 3.13. The molecule has 1 aromatic heterocycles. The molecule has 2 unspecified atom stereocenters. The highest BCUT2D eigenvalue weighted by Crippen LogP contribution is 2.42. The van der Waals surface area contributed by atoms with E-state index in [0.717, 1.165) is 6.42 Å². The molecule has 0 bridgehead atoms. The van der Waals surface area contributed by atoms with Gasteiger partial charge in [-0.25, -0.2) is 0 Å². The summed E-state index contributed by atoms with van der Waals surface area (Å²) in [6.07, 6.45) is 1.02. The fourth-order valence-electron chi connectivity index (χ4n) is 2.10. The average molecular weight is 308 g/mol. The van der Waals surface area contributed by atoms with Crippen molar-refractivity contribution in [2.45, 2.75) is 18.4 Å². The van der Waals surface area contributed by atoms with E-state index in [-0.39, 0.29) is 18.6 Å². The Bertz CT molecular complexity index is 582. The molecule has 2 atom stereocenters. The molecule has 1 aromatic carbocycles. The third-order valence-corrected chi connectivity index (χ3v) is 4.49. The second-order valence-electron chi connectivity index (χ2n) is 4.77. The molecule has 1 saturated carbocycles. The van der Waals surface area contributed by atoms with Crippen molar-refractivity contribution < 1.29 is 9.53 Å². The number of hydrogen-bond acceptors (Lipinski definition) is 3. The van der Waals surface area contributed by atoms with E-state index in [1.54, 1.807) is 35.6 Å². The van der Waals surface area contributed by atoms with Crippen molar-refractivity contribution in [3.05, 3.63) is 51.7 Å². The molecule has 1 aliphatic carbocycles. The van der Waals surface area contributed by atoms with Gasteiger partial charge in [0.05, 0.1) is 0 Å². The van der Waals surface area contributed by atoms with Gasteiger partial charge in [0, 0.05) is 21.9 Å². The molecule has 1 heterocycles. The normalized spacial score (nSPS) is 20.4. The smallest absolute Gasteiger partial charge is 0.258 e. The van der Waals surface area contributed by atoms with Crippen LogP contribution in [-0.4, -0.2) is 18.6 Å². The Morgan fingerprint density at radius 1 is 1.35 bits per heavy atom. The monoisotopic (exact) mass is 307 g/mol. The lowest BCUT2D eigenvalue weighted by Gasteiger charge is -2.07. The van der Waals surface area contributed by atoms with Crippen LogP contribution in [0.5, 0.6) is 5.75 Å². The van der Waals surface area contributed by atoms with Gasteiger partial charge in [0.15, 0.2) is 6.61 Å². The van der Waals surface area contributed by atoms with Crippen LogP contribution in [0.25, 0.3) is 0 Å². The van der Waals surface area contributed by atoms with Crippen LogP contribution >= 0.6 is 22.9 Å². The van der Waals surface area contributed by atoms with E-state index in [9.17, 15) is 4.79 Å². The van der Waals surface area contributed by atoms with Crippen molar-refractivity contribution in [3.63, 3.8) is 0 Å². The van der Waals surface area contributed by atoms with Gasteiger partial charge in [-0.3, -0.25) is 4.79 Å². The number of hydrogen-bond donors (Lipinski definition) is 1. The van der Waals surface area contributed by atoms with Gasteiger partial charge in [-0.1, -0.05) is 17.7 Å². The number of rotatable bonds is 5. The highest BCUT2D eigenvalue weighted by Gasteiger charge is 2.40. The summed E-state index contributed by atoms with van der Waals surface area (Å²) >= 11 is 7.52. The van der Waals surface area contributed by atoms with Gasteiger partial charge < -0.3 is 10.1 Å². The minimum Gasteiger partial charge on any atom is -0.484 e. The Morgan fingerprint density at radius 3 is 2.85 bits per heavy atom. The van der Waals surface area contributed by atoms with Crippen LogP contribution in [0.1, 0.15) is 17.2 Å². The summed E-state index contributed by atoms with van der Waals surface area (Å²) < 4.78 is 5.41. The van der Waals surface area contributed by atoms with Gasteiger partial charge >= 0.3 is 0 Å². The third-order valence-electron chi connectivity index (χ3n) is 3.23. The molecule has 0 spiro atoms. The zero-order valence-corrected chi connectivity index (χ0v) is 12.3. The van der Waals surface area contributed by atoms with Crippen molar-refractivity contribution in [1.82, 2.24) is 5.32 Å². The van der Waals surface area contributed by atoms with Gasteiger partial charge in [-0.15, -0.1) is 11.3 Å². The van der Waals surface area contributed by atoms with E-state index in [0.29, 0.717) is 16.7 Å². The van der Waals surface area contributed by atoms with E-state index < -0.39 is 0 Å². The second kappa shape index (κ2) is 5.85. The number of carbonyl (C=O) groups excluding carboxylic acids is 1. The molecule has 3 nitrogen and oxygen atoms in total. The Kier molecular flexibility index (Phi) is 3.94. The summed E-state index contributed by atoms with van der Waals surface area (Å²) in [5.74, 6) is 1.05. The summed E-state index contributed by atoms with van der Waals surface area (Å²) in [6, 6.07) is 11.4. The van der Waals surface area contributed by atoms with E-state index in [1.165, 1.54) is 4.88 Å². The first-order valence-electron chi connectivity index (χ1n) is 6.43. The quantitative estimate of drug-likeness (QED) is 0.919. The van der Waals surface area contributed by atoms with Crippen LogP contribution in [0.2, 0.25) is 5.02 Å². The number of ether oxygens (including phenoxy) is 1. The Balaban J connectivity index is 1.43. The number of nitrogens with one attached hydrogen (secondary N) is 1. The van der Waals surface area contributed by atoms with Crippen molar-refractivity contribution in [2.24, 2.45) is 0 Å².